The van der Waals surface area contributed by atoms with Crippen molar-refractivity contribution in [1.82, 2.24) is 29.9 Å². The van der Waals surface area contributed by atoms with Gasteiger partial charge >= 0.3 is 37.1 Å². The molecule has 0 fully saturated rings. The lowest BCUT2D eigenvalue weighted by Crippen LogP contribution is -2.17. The number of aliphatic hydroxyl groups is 1. The number of amides is 2. The first-order valence-electron chi connectivity index (χ1n) is 40.8. The monoisotopic (exact) mass is 2120 g/mol. The minimum Gasteiger partial charge on any atom is -0.508 e. The Morgan fingerprint density at radius 2 is 0.786 bits per heavy atom. The van der Waals surface area contributed by atoms with E-state index in [0.29, 0.717) is 60.9 Å². The molecule has 145 heavy (non-hydrogen) atoms. The van der Waals surface area contributed by atoms with Gasteiger partial charge in [-0.3, -0.25) is 54.7 Å². The number of carbonyl (C=O) groups excluding carboxylic acids is 8. The maximum atomic E-state index is 12.2. The molecule has 14 N–H and O–H groups in total. The van der Waals surface area contributed by atoms with Gasteiger partial charge in [-0.15, -0.1) is 36.4 Å². The van der Waals surface area contributed by atoms with Crippen LogP contribution in [0.3, 0.4) is 0 Å². The second kappa shape index (κ2) is 64.5. The number of anilines is 4. The molecule has 0 aliphatic heterocycles. The number of aromatic hydroxyl groups is 4. The van der Waals surface area contributed by atoms with E-state index in [1.54, 1.807) is 101 Å². The van der Waals surface area contributed by atoms with E-state index in [1.165, 1.54) is 94.1 Å². The molecule has 0 aliphatic carbocycles. The number of alkyl halides is 5. The van der Waals surface area contributed by atoms with Crippen LogP contribution in [0.15, 0.2) is 206 Å². The Labute approximate surface area is 849 Å². The van der Waals surface area contributed by atoms with Gasteiger partial charge in [0.25, 0.3) is 17.1 Å². The second-order valence-corrected chi connectivity index (χ2v) is 30.4. The van der Waals surface area contributed by atoms with Gasteiger partial charge < -0.3 is 115 Å². The molecule has 0 saturated heterocycles. The van der Waals surface area contributed by atoms with Crippen molar-refractivity contribution in [3.8, 4) is 57.5 Å². The number of aromatic amines is 3. The molecule has 0 saturated carbocycles. The number of nitrogens with two attached hydrogens (primary N) is 2. The highest BCUT2D eigenvalue weighted by atomic mass is 35.5. The van der Waals surface area contributed by atoms with Crippen LogP contribution < -0.4 is 50.5 Å². The molecule has 0 radical (unpaired) electrons. The fourth-order valence-corrected chi connectivity index (χ4v) is 10.8. The number of rotatable bonds is 16. The average molecular weight is 2120 g/mol. The van der Waals surface area contributed by atoms with Gasteiger partial charge in [0.05, 0.1) is 109 Å². The number of pyridine rings is 2. The van der Waals surface area contributed by atoms with Crippen LogP contribution in [-0.4, -0.2) is 185 Å². The Kier molecular flexibility index (Phi) is 55.3. The SMILES string of the molecule is CO.COC(=O)Oc1cc(N)ccc1C.COC(=O)Oc1cc([N+](=O)[O-])ccc1C.COC(=O)Oc1cc([N+](=O)[O-])ccc1C.COC(=O)Oc1ccc([N+](=O)[O-])cc1C.COC(=O)Oc1ccccc1C.Cc1cc2[nH]c(=S)[nH]c2cn1.Cc1cc2nc(SCC(=O)Nc3ccc(OC(F)(F)F)c(O)c3)[nH]c2cn1.Cc1ccc(N)cc1O.Cc1ccc(NC(=O)CCl)cc1O.Cc1ccccc1O.O=C(Cl)CCl. The number of aryl methyl sites for hydroxylation is 10. The minimum absolute atomic E-state index is 0.00774. The minimum atomic E-state index is -4.92. The van der Waals surface area contributed by atoms with Crippen LogP contribution in [0.5, 0.6) is 57.5 Å². The number of aliphatic hydroxyl groups excluding tert-OH is 1. The number of non-ortho nitro benzene ring substituents is 3. The summed E-state index contributed by atoms with van der Waals surface area (Å²) in [5.41, 5.74) is 23.6. The molecule has 43 nitrogen and oxygen atoms in total. The standard InChI is InChI=1S/C16H13F3N4O3S.C9H10ClNO2.3C9H9NO5.C9H11NO3.C9H10O3.C7H7N3S.C7H9NO.C7H8O.C2H2Cl2O.CH4O/c1-8-4-10-11(6-20-8)23-15(22-10)27-7-14(25)21-9-2-3-13(12(24)5-9)26-16(17,18)19;1-6-2-3-7(4-8(6)12)11-9(13)5-10;1-6-5-7(10(12)13)3-4-8(6)15-9(11)14-2;2*1-6-3-4-7(10(12)13)5-8(6)15-9(11)14-2;1-6-3-4-7(10)5-8(6)13-9(11)12-2;1-7-5-3-4-6-8(7)12-9(10)11-2;1-4-2-5-6(3-8-4)10-7(11)9-5;1-5-2-3-6(8)4-7(5)9;1-6-4-2-3-5-7(6)8;3-1-2(4)5;1-2/h2-6,24H,7H2,1H3,(H,21,25)(H,22,23);2-4,12H,5H2,1H3,(H,11,13);3*3-5H,1-2H3;3-5H,10H2,1-2H3;3-6H,1-2H3;2-3H,1H3,(H2,9,10,11);2-4,9H,8H2,1H3;2-5,8H,1H3;1H2;2H,1H3. The van der Waals surface area contributed by atoms with Gasteiger partial charge in [0.2, 0.25) is 17.1 Å². The summed E-state index contributed by atoms with van der Waals surface area (Å²) < 4.78 is 86.2. The van der Waals surface area contributed by atoms with Gasteiger partial charge in [-0.1, -0.05) is 66.4 Å². The summed E-state index contributed by atoms with van der Waals surface area (Å²) in [5.74, 6) is -0.141. The van der Waals surface area contributed by atoms with Crippen molar-refractivity contribution in [3.63, 3.8) is 0 Å². The molecule has 0 atom stereocenters. The van der Waals surface area contributed by atoms with Crippen LogP contribution in [0.2, 0.25) is 0 Å². The van der Waals surface area contributed by atoms with Crippen molar-refractivity contribution in [2.24, 2.45) is 0 Å². The maximum absolute atomic E-state index is 12.2. The molecule has 51 heteroatoms. The Bertz CT molecular complexity index is 6500. The van der Waals surface area contributed by atoms with Gasteiger partial charge in [0.15, 0.2) is 21.4 Å². The number of benzene rings is 9. The topological polar surface area (TPSA) is 631 Å². The van der Waals surface area contributed by atoms with E-state index in [-0.39, 0.29) is 74.9 Å². The van der Waals surface area contributed by atoms with Crippen LogP contribution in [0.4, 0.5) is 77.0 Å². The number of carbonyl (C=O) groups is 8. The fourth-order valence-electron chi connectivity index (χ4n) is 9.84. The lowest BCUT2D eigenvalue weighted by molar-refractivity contribution is -0.385. The van der Waals surface area contributed by atoms with Crippen molar-refractivity contribution in [2.45, 2.75) is 80.8 Å². The van der Waals surface area contributed by atoms with Gasteiger partial charge in [-0.2, -0.15) is 0 Å². The molecule has 0 bridgehead atoms. The number of nitrogens with zero attached hydrogens (tertiary/aromatic N) is 6. The van der Waals surface area contributed by atoms with Crippen molar-refractivity contribution in [2.75, 3.05) is 82.3 Å². The summed E-state index contributed by atoms with van der Waals surface area (Å²) in [7, 11) is 7.04. The summed E-state index contributed by atoms with van der Waals surface area (Å²) >= 11 is 20.9. The number of fused-ring (bicyclic) bond motifs is 2. The molecule has 13 rings (SSSR count). The fraction of sp³-hybridized carbons (Fsp3) is 0.213. The van der Waals surface area contributed by atoms with E-state index >= 15 is 0 Å². The zero-order valence-corrected chi connectivity index (χ0v) is 83.9. The molecular weight excluding hydrogens is 2020 g/mol. The third-order valence-corrected chi connectivity index (χ3v) is 19.0. The molecule has 776 valence electrons. The number of hydrogen-bond acceptors (Lipinski definition) is 37. The molecular formula is C94H101Cl3F3N13O30S2. The summed E-state index contributed by atoms with van der Waals surface area (Å²) in [4.78, 5) is 137. The first-order chi connectivity index (χ1) is 68.3. The van der Waals surface area contributed by atoms with E-state index in [0.717, 1.165) is 106 Å². The Hall–Kier alpha value is -16.8. The second-order valence-electron chi connectivity index (χ2n) is 28.1. The summed E-state index contributed by atoms with van der Waals surface area (Å²) in [5, 5.41) is 80.2. The summed E-state index contributed by atoms with van der Waals surface area (Å²) in [6, 6.07) is 48.4. The molecule has 4 aromatic heterocycles. The molecule has 0 spiro atoms. The number of nitrogen functional groups attached to an aromatic ring is 2. The number of para-hydroxylation sites is 2. The molecule has 2 amide bonds. The molecule has 0 unspecified atom stereocenters. The Morgan fingerprint density at radius 1 is 0.421 bits per heavy atom. The van der Waals surface area contributed by atoms with Crippen molar-refractivity contribution >= 4 is 168 Å². The van der Waals surface area contributed by atoms with E-state index in [9.17, 15) is 92.1 Å². The number of nitro groups is 3. The van der Waals surface area contributed by atoms with Crippen LogP contribution in [0.25, 0.3) is 22.1 Å². The smallest absolute Gasteiger partial charge is 0.508 e. The highest BCUT2D eigenvalue weighted by Crippen LogP contribution is 2.35. The van der Waals surface area contributed by atoms with Crippen LogP contribution in [0, 0.1) is 104 Å². The van der Waals surface area contributed by atoms with Crippen LogP contribution in [-0.2, 0) is 38.1 Å². The molecule has 4 heterocycles. The zero-order valence-electron chi connectivity index (χ0n) is 80.0. The zero-order chi connectivity index (χ0) is 110. The number of H-pyrrole nitrogens is 3. The van der Waals surface area contributed by atoms with Crippen molar-refractivity contribution < 1.29 is 144 Å². The Morgan fingerprint density at radius 3 is 1.21 bits per heavy atom. The number of phenolic OH excluding ortho intramolecular Hbond substituents is 4. The van der Waals surface area contributed by atoms with Gasteiger partial charge in [0.1, 0.15) is 51.9 Å². The first kappa shape index (κ1) is 124. The number of nitrogens with one attached hydrogen (secondary N) is 5. The number of halogens is 6. The highest BCUT2D eigenvalue weighted by molar-refractivity contribution is 7.99. The number of hydrogen-bond donors (Lipinski definition) is 12. The van der Waals surface area contributed by atoms with E-state index in [1.807, 2.05) is 84.0 Å². The normalized spacial score (nSPS) is 9.76. The lowest BCUT2D eigenvalue weighted by atomic mass is 10.2. The number of phenols is 4. The molecule has 9 aromatic carbocycles. The van der Waals surface area contributed by atoms with Crippen LogP contribution in [0.1, 0.15) is 55.9 Å². The number of nitro benzene ring substituents is 3. The number of aromatic nitrogens is 6. The van der Waals surface area contributed by atoms with Crippen LogP contribution >= 0.6 is 58.8 Å². The third-order valence-electron chi connectivity index (χ3n) is 17.1. The average Bonchev–Trinajstić information content (AvgIpc) is 1.66. The van der Waals surface area contributed by atoms with E-state index < -0.39 is 74.6 Å². The largest absolute Gasteiger partial charge is 0.573 e. The van der Waals surface area contributed by atoms with Crippen molar-refractivity contribution in [3.05, 3.63) is 291 Å². The summed E-state index contributed by atoms with van der Waals surface area (Å²) in [6.45, 7) is 17.9. The maximum Gasteiger partial charge on any atom is 0.573 e. The number of methoxy groups -OCH3 is 5. The van der Waals surface area contributed by atoms with Crippen molar-refractivity contribution in [1.29, 1.82) is 0 Å². The quantitative estimate of drug-likeness (QED) is 0.00408. The number of imidazole rings is 2. The van der Waals surface area contributed by atoms with Gasteiger partial charge in [0, 0.05) is 89.8 Å². The molecule has 13 aromatic rings. The Balaban J connectivity index is 0.000000549. The summed E-state index contributed by atoms with van der Waals surface area (Å²) in [6.07, 6.45) is -5.59. The molecule has 0 aliphatic rings. The van der Waals surface area contributed by atoms with E-state index in [2.05, 4.69) is 69.0 Å². The predicted octanol–water partition coefficient (Wildman–Crippen LogP) is 21.0. The van der Waals surface area contributed by atoms with E-state index in [4.69, 9.17) is 97.5 Å². The third kappa shape index (κ3) is 48.7. The number of thioether (sulfide) groups is 1. The lowest BCUT2D eigenvalue weighted by Gasteiger charge is -2.11. The predicted molar refractivity (Wildman–Crippen MR) is 536 cm³/mol. The van der Waals surface area contributed by atoms with Gasteiger partial charge in [-0.25, -0.2) is 29.0 Å². The number of ether oxygens (including phenoxy) is 11. The van der Waals surface area contributed by atoms with Gasteiger partial charge in [-0.05, 0) is 210 Å². The highest BCUT2D eigenvalue weighted by Gasteiger charge is 2.32. The first-order valence-corrected chi connectivity index (χ1v) is 43.7.